The Hall–Kier alpha value is -1.73. The Labute approximate surface area is 131 Å². The molecule has 0 saturated heterocycles. The summed E-state index contributed by atoms with van der Waals surface area (Å²) in [4.78, 5) is 4.47. The summed E-state index contributed by atoms with van der Waals surface area (Å²) >= 11 is 3.27. The predicted octanol–water partition coefficient (Wildman–Crippen LogP) is 3.34. The van der Waals surface area contributed by atoms with Gasteiger partial charge in [-0.15, -0.1) is 16.4 Å². The van der Waals surface area contributed by atoms with E-state index in [0.717, 1.165) is 38.4 Å². The zero-order valence-corrected chi connectivity index (χ0v) is 13.7. The van der Waals surface area contributed by atoms with Crippen LogP contribution in [-0.2, 0) is 5.75 Å². The van der Waals surface area contributed by atoms with Crippen molar-refractivity contribution in [2.45, 2.75) is 31.7 Å². The van der Waals surface area contributed by atoms with Gasteiger partial charge in [0.05, 0.1) is 16.4 Å². The van der Waals surface area contributed by atoms with E-state index < -0.39 is 0 Å². The van der Waals surface area contributed by atoms with E-state index >= 15 is 0 Å². The quantitative estimate of drug-likeness (QED) is 0.691. The number of tetrazole rings is 1. The minimum Gasteiger partial charge on any atom is -0.246 e. The van der Waals surface area contributed by atoms with Crippen LogP contribution >= 0.6 is 23.1 Å². The van der Waals surface area contributed by atoms with Gasteiger partial charge in [-0.2, -0.15) is 4.68 Å². The van der Waals surface area contributed by atoms with E-state index in [9.17, 15) is 0 Å². The fraction of sp³-hybridized carbons (Fsp3) is 0.286. The molecule has 7 heteroatoms. The second kappa shape index (κ2) is 5.95. The lowest BCUT2D eigenvalue weighted by Gasteiger charge is -2.10. The first kappa shape index (κ1) is 14.2. The summed E-state index contributed by atoms with van der Waals surface area (Å²) in [5.41, 5.74) is 4.44. The number of rotatable bonds is 4. The molecule has 5 nitrogen and oxygen atoms in total. The highest BCUT2D eigenvalue weighted by atomic mass is 32.2. The van der Waals surface area contributed by atoms with Gasteiger partial charge >= 0.3 is 0 Å². The number of thioether (sulfide) groups is 1. The molecule has 2 aromatic heterocycles. The van der Waals surface area contributed by atoms with Crippen LogP contribution in [-0.4, -0.2) is 25.2 Å². The lowest BCUT2D eigenvalue weighted by molar-refractivity contribution is 0.747. The molecule has 2 heterocycles. The lowest BCUT2D eigenvalue weighted by atomic mass is 10.1. The van der Waals surface area contributed by atoms with E-state index in [1.165, 1.54) is 0 Å². The van der Waals surface area contributed by atoms with Crippen LogP contribution in [0.3, 0.4) is 0 Å². The number of aryl methyl sites for hydroxylation is 3. The molecule has 0 amide bonds. The number of benzene rings is 1. The van der Waals surface area contributed by atoms with Crippen molar-refractivity contribution >= 4 is 23.1 Å². The molecule has 0 aliphatic carbocycles. The van der Waals surface area contributed by atoms with Gasteiger partial charge in [-0.25, -0.2) is 4.98 Å². The van der Waals surface area contributed by atoms with Crippen molar-refractivity contribution in [3.05, 3.63) is 45.4 Å². The standard InChI is InChI=1S/C14H15N5S2/c1-9-5-4-6-10(2)13(9)19-14(16-17-18-19)21-8-12-7-20-11(3)15-12/h4-7H,8H2,1-3H3. The van der Waals surface area contributed by atoms with E-state index in [1.807, 2.05) is 17.7 Å². The molecule has 0 radical (unpaired) electrons. The van der Waals surface area contributed by atoms with Gasteiger partial charge in [-0.05, 0) is 42.3 Å². The predicted molar refractivity (Wildman–Crippen MR) is 85.0 cm³/mol. The third-order valence-corrected chi connectivity index (χ3v) is 4.88. The average Bonchev–Trinajstić information content (AvgIpc) is 3.05. The highest BCUT2D eigenvalue weighted by Crippen LogP contribution is 2.26. The summed E-state index contributed by atoms with van der Waals surface area (Å²) in [6.45, 7) is 6.16. The van der Waals surface area contributed by atoms with Crippen molar-refractivity contribution in [1.82, 2.24) is 25.2 Å². The van der Waals surface area contributed by atoms with Crippen LogP contribution in [0.2, 0.25) is 0 Å². The number of aromatic nitrogens is 5. The van der Waals surface area contributed by atoms with Crippen molar-refractivity contribution in [1.29, 1.82) is 0 Å². The number of nitrogens with zero attached hydrogens (tertiary/aromatic N) is 5. The molecule has 0 saturated carbocycles. The Morgan fingerprint density at radius 3 is 2.62 bits per heavy atom. The van der Waals surface area contributed by atoms with E-state index in [0.29, 0.717) is 0 Å². The van der Waals surface area contributed by atoms with Crippen molar-refractivity contribution in [3.8, 4) is 5.69 Å². The highest BCUT2D eigenvalue weighted by molar-refractivity contribution is 7.98. The maximum Gasteiger partial charge on any atom is 0.214 e. The second-order valence-corrected chi connectivity index (χ2v) is 6.76. The Kier molecular flexibility index (Phi) is 4.03. The summed E-state index contributed by atoms with van der Waals surface area (Å²) in [6, 6.07) is 6.19. The number of para-hydroxylation sites is 1. The zero-order valence-electron chi connectivity index (χ0n) is 12.1. The van der Waals surface area contributed by atoms with Crippen LogP contribution in [0.15, 0.2) is 28.7 Å². The van der Waals surface area contributed by atoms with Gasteiger partial charge < -0.3 is 0 Å². The topological polar surface area (TPSA) is 56.5 Å². The third-order valence-electron chi connectivity index (χ3n) is 3.11. The van der Waals surface area contributed by atoms with Crippen LogP contribution in [0.25, 0.3) is 5.69 Å². The molecule has 108 valence electrons. The van der Waals surface area contributed by atoms with Gasteiger partial charge in [-0.1, -0.05) is 30.0 Å². The van der Waals surface area contributed by atoms with Crippen LogP contribution < -0.4 is 0 Å². The van der Waals surface area contributed by atoms with Crippen molar-refractivity contribution in [2.75, 3.05) is 0 Å². The minimum atomic E-state index is 0.773. The number of hydrogen-bond acceptors (Lipinski definition) is 6. The molecule has 3 aromatic rings. The molecule has 1 aromatic carbocycles. The van der Waals surface area contributed by atoms with Gasteiger partial charge in [0.2, 0.25) is 5.16 Å². The van der Waals surface area contributed by atoms with Gasteiger partial charge in [-0.3, -0.25) is 0 Å². The van der Waals surface area contributed by atoms with Gasteiger partial charge in [0.1, 0.15) is 0 Å². The average molecular weight is 317 g/mol. The SMILES string of the molecule is Cc1nc(CSc2nnnn2-c2c(C)cccc2C)cs1. The Morgan fingerprint density at radius 2 is 1.95 bits per heavy atom. The molecule has 0 N–H and O–H groups in total. The molecular weight excluding hydrogens is 302 g/mol. The fourth-order valence-electron chi connectivity index (χ4n) is 2.16. The first-order valence-electron chi connectivity index (χ1n) is 6.54. The molecule has 0 bridgehead atoms. The summed E-state index contributed by atoms with van der Waals surface area (Å²) < 4.78 is 1.81. The first-order valence-corrected chi connectivity index (χ1v) is 8.40. The first-order chi connectivity index (χ1) is 10.1. The maximum atomic E-state index is 4.47. The third kappa shape index (κ3) is 2.98. The lowest BCUT2D eigenvalue weighted by Crippen LogP contribution is -2.04. The summed E-state index contributed by atoms with van der Waals surface area (Å²) in [5, 5.41) is 16.1. The van der Waals surface area contributed by atoms with Crippen LogP contribution in [0.1, 0.15) is 21.8 Å². The highest BCUT2D eigenvalue weighted by Gasteiger charge is 2.13. The van der Waals surface area contributed by atoms with Crippen LogP contribution in [0.4, 0.5) is 0 Å². The minimum absolute atomic E-state index is 0.773. The van der Waals surface area contributed by atoms with Gasteiger partial charge in [0.25, 0.3) is 0 Å². The second-order valence-electron chi connectivity index (χ2n) is 4.76. The monoisotopic (exact) mass is 317 g/mol. The summed E-state index contributed by atoms with van der Waals surface area (Å²) in [7, 11) is 0. The van der Waals surface area contributed by atoms with Gasteiger partial charge in [0.15, 0.2) is 0 Å². The van der Waals surface area contributed by atoms with Crippen molar-refractivity contribution in [2.24, 2.45) is 0 Å². The van der Waals surface area contributed by atoms with E-state index in [4.69, 9.17) is 0 Å². The van der Waals surface area contributed by atoms with E-state index in [-0.39, 0.29) is 0 Å². The normalized spacial score (nSPS) is 11.0. The van der Waals surface area contributed by atoms with E-state index in [1.54, 1.807) is 23.1 Å². The molecular formula is C14H15N5S2. The molecule has 0 fully saturated rings. The molecule has 0 atom stereocenters. The molecule has 0 unspecified atom stereocenters. The van der Waals surface area contributed by atoms with E-state index in [2.05, 4.69) is 51.9 Å². The molecule has 21 heavy (non-hydrogen) atoms. The Balaban J connectivity index is 1.87. The van der Waals surface area contributed by atoms with Crippen LogP contribution in [0.5, 0.6) is 0 Å². The number of thiazole rings is 1. The zero-order chi connectivity index (χ0) is 14.8. The van der Waals surface area contributed by atoms with Crippen molar-refractivity contribution in [3.63, 3.8) is 0 Å². The summed E-state index contributed by atoms with van der Waals surface area (Å²) in [5.74, 6) is 0.773. The smallest absolute Gasteiger partial charge is 0.214 e. The number of hydrogen-bond donors (Lipinski definition) is 0. The van der Waals surface area contributed by atoms with Crippen LogP contribution in [0, 0.1) is 20.8 Å². The van der Waals surface area contributed by atoms with Gasteiger partial charge in [0, 0.05) is 11.1 Å². The molecule has 0 spiro atoms. The Morgan fingerprint density at radius 1 is 1.19 bits per heavy atom. The Bertz CT molecular complexity index is 742. The molecule has 0 aliphatic rings. The fourth-order valence-corrected chi connectivity index (χ4v) is 3.65. The summed E-state index contributed by atoms with van der Waals surface area (Å²) in [6.07, 6.45) is 0. The molecule has 3 rings (SSSR count). The molecule has 0 aliphatic heterocycles. The van der Waals surface area contributed by atoms with Crippen molar-refractivity contribution < 1.29 is 0 Å². The maximum absolute atomic E-state index is 4.47. The largest absolute Gasteiger partial charge is 0.246 e.